The van der Waals surface area contributed by atoms with E-state index in [2.05, 4.69) is 24.2 Å². The van der Waals surface area contributed by atoms with Gasteiger partial charge in [0.05, 0.1) is 0 Å². The summed E-state index contributed by atoms with van der Waals surface area (Å²) in [6.07, 6.45) is 2.63. The maximum absolute atomic E-state index is 11.0. The number of nitrogens with one attached hydrogen (secondary N) is 1. The second kappa shape index (κ2) is 5.95. The molecule has 5 nitrogen and oxygen atoms in total. The van der Waals surface area contributed by atoms with Crippen molar-refractivity contribution >= 4 is 9.84 Å². The van der Waals surface area contributed by atoms with Crippen LogP contribution in [0.15, 0.2) is 0 Å². The zero-order valence-electron chi connectivity index (χ0n) is 10.9. The minimum Gasteiger partial charge on any atom is -0.303 e. The minimum atomic E-state index is -2.88. The molecule has 0 heterocycles. The van der Waals surface area contributed by atoms with Gasteiger partial charge < -0.3 is 4.90 Å². The summed E-state index contributed by atoms with van der Waals surface area (Å²) in [6, 6.07) is 0.0734. The van der Waals surface area contributed by atoms with Gasteiger partial charge in [-0.1, -0.05) is 0 Å². The molecule has 16 heavy (non-hydrogen) atoms. The summed E-state index contributed by atoms with van der Waals surface area (Å²) in [6.45, 7) is 4.16. The van der Waals surface area contributed by atoms with Crippen molar-refractivity contribution in [1.29, 1.82) is 0 Å². The Morgan fingerprint density at radius 1 is 1.38 bits per heavy atom. The maximum atomic E-state index is 11.0. The van der Waals surface area contributed by atoms with Crippen LogP contribution in [-0.4, -0.2) is 51.0 Å². The van der Waals surface area contributed by atoms with E-state index in [1.807, 2.05) is 14.1 Å². The predicted octanol–water partition coefficient (Wildman–Crippen LogP) is -0.0167. The van der Waals surface area contributed by atoms with E-state index in [4.69, 9.17) is 5.84 Å². The molecule has 0 spiro atoms. The van der Waals surface area contributed by atoms with Gasteiger partial charge >= 0.3 is 0 Å². The quantitative estimate of drug-likeness (QED) is 0.491. The first-order chi connectivity index (χ1) is 7.11. The largest absolute Gasteiger partial charge is 0.303 e. The summed E-state index contributed by atoms with van der Waals surface area (Å²) < 4.78 is 22.0. The lowest BCUT2D eigenvalue weighted by atomic mass is 9.90. The minimum absolute atomic E-state index is 0.0734. The lowest BCUT2D eigenvalue weighted by molar-refractivity contribution is 0.132. The third kappa shape index (κ3) is 5.25. The molecule has 0 aromatic rings. The molecule has 3 N–H and O–H groups in total. The number of hydrogen-bond donors (Lipinski definition) is 2. The van der Waals surface area contributed by atoms with Gasteiger partial charge in [0.2, 0.25) is 0 Å². The van der Waals surface area contributed by atoms with Gasteiger partial charge in [-0.25, -0.2) is 8.42 Å². The molecule has 0 bridgehead atoms. The second-order valence-corrected chi connectivity index (χ2v) is 7.30. The first-order valence-corrected chi connectivity index (χ1v) is 7.48. The molecule has 0 aromatic carbocycles. The molecule has 0 saturated heterocycles. The molecule has 0 radical (unpaired) electrons. The van der Waals surface area contributed by atoms with Crippen LogP contribution in [0.2, 0.25) is 0 Å². The van der Waals surface area contributed by atoms with Crippen LogP contribution in [-0.2, 0) is 9.84 Å². The topological polar surface area (TPSA) is 75.4 Å². The number of nitrogens with two attached hydrogens (primary N) is 1. The first kappa shape index (κ1) is 15.8. The van der Waals surface area contributed by atoms with Gasteiger partial charge in [0.25, 0.3) is 0 Å². The Balaban J connectivity index is 4.32. The highest BCUT2D eigenvalue weighted by Gasteiger charge is 2.30. The summed E-state index contributed by atoms with van der Waals surface area (Å²) in [5.74, 6) is 5.74. The summed E-state index contributed by atoms with van der Waals surface area (Å²) >= 11 is 0. The van der Waals surface area contributed by atoms with Crippen molar-refractivity contribution in [3.8, 4) is 0 Å². The van der Waals surface area contributed by atoms with Crippen LogP contribution >= 0.6 is 0 Å². The monoisotopic (exact) mass is 251 g/mol. The van der Waals surface area contributed by atoms with Crippen molar-refractivity contribution in [2.24, 2.45) is 5.84 Å². The van der Waals surface area contributed by atoms with E-state index in [1.54, 1.807) is 0 Å². The maximum Gasteiger partial charge on any atom is 0.147 e. The van der Waals surface area contributed by atoms with Crippen molar-refractivity contribution in [2.45, 2.75) is 38.3 Å². The fourth-order valence-electron chi connectivity index (χ4n) is 1.50. The average molecular weight is 251 g/mol. The fraction of sp³-hybridized carbons (Fsp3) is 1.00. The van der Waals surface area contributed by atoms with Crippen LogP contribution in [0.3, 0.4) is 0 Å². The van der Waals surface area contributed by atoms with E-state index in [0.717, 1.165) is 6.42 Å². The van der Waals surface area contributed by atoms with Crippen LogP contribution < -0.4 is 11.3 Å². The van der Waals surface area contributed by atoms with E-state index in [1.165, 1.54) is 6.26 Å². The SMILES string of the molecule is CN(C)C(C)(C)C(CCCS(C)(=O)=O)NN. The van der Waals surface area contributed by atoms with E-state index in [-0.39, 0.29) is 17.3 Å². The number of rotatable bonds is 7. The predicted molar refractivity (Wildman–Crippen MR) is 67.8 cm³/mol. The Kier molecular flexibility index (Phi) is 5.89. The molecule has 0 rings (SSSR count). The van der Waals surface area contributed by atoms with E-state index < -0.39 is 9.84 Å². The molecule has 1 atom stereocenters. The smallest absolute Gasteiger partial charge is 0.147 e. The Morgan fingerprint density at radius 3 is 2.19 bits per heavy atom. The molecule has 0 amide bonds. The van der Waals surface area contributed by atoms with Crippen molar-refractivity contribution in [2.75, 3.05) is 26.1 Å². The van der Waals surface area contributed by atoms with Gasteiger partial charge in [0.15, 0.2) is 0 Å². The number of hydrogen-bond acceptors (Lipinski definition) is 5. The van der Waals surface area contributed by atoms with Gasteiger partial charge in [0, 0.05) is 23.6 Å². The molecule has 6 heteroatoms. The van der Waals surface area contributed by atoms with Crippen molar-refractivity contribution in [3.05, 3.63) is 0 Å². The second-order valence-electron chi connectivity index (χ2n) is 5.04. The number of sulfone groups is 1. The summed E-state index contributed by atoms with van der Waals surface area (Å²) in [7, 11) is 1.10. The molecule has 0 aromatic heterocycles. The zero-order valence-corrected chi connectivity index (χ0v) is 11.8. The highest BCUT2D eigenvalue weighted by molar-refractivity contribution is 7.90. The molecule has 0 fully saturated rings. The standard InChI is InChI=1S/C10H25N3O2S/c1-10(2,13(3)4)9(12-11)7-6-8-16(5,14)15/h9,12H,6-8,11H2,1-5H3. The fourth-order valence-corrected chi connectivity index (χ4v) is 2.19. The van der Waals surface area contributed by atoms with Gasteiger partial charge in [-0.3, -0.25) is 11.3 Å². The number of hydrazine groups is 1. The van der Waals surface area contributed by atoms with Crippen molar-refractivity contribution in [1.82, 2.24) is 10.3 Å². The molecular formula is C10H25N3O2S. The highest BCUT2D eigenvalue weighted by atomic mass is 32.2. The average Bonchev–Trinajstić information content (AvgIpc) is 2.10. The molecule has 98 valence electrons. The Labute approximate surface area is 99.3 Å². The summed E-state index contributed by atoms with van der Waals surface area (Å²) in [4.78, 5) is 2.08. The van der Waals surface area contributed by atoms with Crippen molar-refractivity contribution in [3.63, 3.8) is 0 Å². The van der Waals surface area contributed by atoms with Gasteiger partial charge in [-0.05, 0) is 40.8 Å². The molecular weight excluding hydrogens is 226 g/mol. The first-order valence-electron chi connectivity index (χ1n) is 5.42. The summed E-state index contributed by atoms with van der Waals surface area (Å²) in [5.41, 5.74) is 2.67. The third-order valence-corrected chi connectivity index (χ3v) is 4.24. The van der Waals surface area contributed by atoms with Crippen LogP contribution in [0.25, 0.3) is 0 Å². The molecule has 1 unspecified atom stereocenters. The third-order valence-electron chi connectivity index (χ3n) is 3.21. The van der Waals surface area contributed by atoms with Crippen LogP contribution in [0.1, 0.15) is 26.7 Å². The van der Waals surface area contributed by atoms with E-state index >= 15 is 0 Å². The molecule has 0 aliphatic carbocycles. The Morgan fingerprint density at radius 2 is 1.88 bits per heavy atom. The van der Waals surface area contributed by atoms with Crippen LogP contribution in [0.4, 0.5) is 0 Å². The van der Waals surface area contributed by atoms with E-state index in [9.17, 15) is 8.42 Å². The number of nitrogens with zero attached hydrogens (tertiary/aromatic N) is 1. The lowest BCUT2D eigenvalue weighted by Gasteiger charge is -2.39. The summed E-state index contributed by atoms with van der Waals surface area (Å²) in [5, 5.41) is 0. The van der Waals surface area contributed by atoms with Gasteiger partial charge in [0.1, 0.15) is 9.84 Å². The van der Waals surface area contributed by atoms with Gasteiger partial charge in [-0.15, -0.1) is 0 Å². The Hall–Kier alpha value is -0.170. The van der Waals surface area contributed by atoms with Crippen molar-refractivity contribution < 1.29 is 8.42 Å². The van der Waals surface area contributed by atoms with Crippen LogP contribution in [0.5, 0.6) is 0 Å². The van der Waals surface area contributed by atoms with Gasteiger partial charge in [-0.2, -0.15) is 0 Å². The Bertz CT molecular complexity index is 299. The highest BCUT2D eigenvalue weighted by Crippen LogP contribution is 2.19. The normalized spacial score (nSPS) is 15.4. The zero-order chi connectivity index (χ0) is 13.0. The lowest BCUT2D eigenvalue weighted by Crippen LogP contribution is -2.57. The van der Waals surface area contributed by atoms with E-state index in [0.29, 0.717) is 6.42 Å². The van der Waals surface area contributed by atoms with Crippen LogP contribution in [0, 0.1) is 0 Å². The molecule has 0 aliphatic heterocycles. The number of likely N-dealkylation sites (N-methyl/N-ethyl adjacent to an activating group) is 1. The molecule has 0 saturated carbocycles. The molecule has 0 aliphatic rings.